The first kappa shape index (κ1) is 15.2. The van der Waals surface area contributed by atoms with Gasteiger partial charge in [0.25, 0.3) is 0 Å². The van der Waals surface area contributed by atoms with Crippen LogP contribution in [0.4, 0.5) is 8.78 Å². The normalized spacial score (nSPS) is 18.5. The maximum atomic E-state index is 13.7. The number of hydrogen-bond donors (Lipinski definition) is 1. The third-order valence-electron chi connectivity index (χ3n) is 3.86. The van der Waals surface area contributed by atoms with E-state index in [1.807, 2.05) is 0 Å². The van der Waals surface area contributed by atoms with Gasteiger partial charge in [0.15, 0.2) is 0 Å². The number of hydrogen-bond acceptors (Lipinski definition) is 3. The van der Waals surface area contributed by atoms with Crippen molar-refractivity contribution in [2.75, 3.05) is 19.8 Å². The van der Waals surface area contributed by atoms with E-state index >= 15 is 0 Å². The lowest BCUT2D eigenvalue weighted by molar-refractivity contribution is 0.0546. The molecule has 0 amide bonds. The summed E-state index contributed by atoms with van der Waals surface area (Å²) in [6.07, 6.45) is 2.26. The van der Waals surface area contributed by atoms with Crippen LogP contribution in [0.25, 0.3) is 11.3 Å². The molecule has 1 fully saturated rings. The second-order valence-corrected chi connectivity index (χ2v) is 5.58. The Kier molecular flexibility index (Phi) is 4.85. The van der Waals surface area contributed by atoms with Crippen LogP contribution in [0.3, 0.4) is 0 Å². The van der Waals surface area contributed by atoms with Crippen LogP contribution in [0.1, 0.15) is 18.6 Å². The molecule has 3 rings (SSSR count). The minimum Gasteiger partial charge on any atom is -0.460 e. The summed E-state index contributed by atoms with van der Waals surface area (Å²) in [6.45, 7) is 3.03. The van der Waals surface area contributed by atoms with Crippen molar-refractivity contribution in [1.29, 1.82) is 0 Å². The van der Waals surface area contributed by atoms with E-state index < -0.39 is 11.6 Å². The Morgan fingerprint density at radius 1 is 1.14 bits per heavy atom. The lowest BCUT2D eigenvalue weighted by Gasteiger charge is -2.21. The molecule has 5 heteroatoms. The van der Waals surface area contributed by atoms with Crippen LogP contribution in [0.2, 0.25) is 0 Å². The lowest BCUT2D eigenvalue weighted by Crippen LogP contribution is -2.28. The zero-order chi connectivity index (χ0) is 15.4. The third kappa shape index (κ3) is 3.54. The number of ether oxygens (including phenoxy) is 1. The molecule has 0 radical (unpaired) electrons. The van der Waals surface area contributed by atoms with E-state index in [2.05, 4.69) is 5.32 Å². The summed E-state index contributed by atoms with van der Waals surface area (Å²) in [5.74, 6) is 0.163. The Morgan fingerprint density at radius 3 is 2.68 bits per heavy atom. The molecule has 1 unspecified atom stereocenters. The maximum Gasteiger partial charge on any atom is 0.140 e. The predicted octanol–water partition coefficient (Wildman–Crippen LogP) is 3.74. The zero-order valence-electron chi connectivity index (χ0n) is 12.3. The predicted molar refractivity (Wildman–Crippen MR) is 79.3 cm³/mol. The Hall–Kier alpha value is -1.72. The van der Waals surface area contributed by atoms with Gasteiger partial charge in [-0.3, -0.25) is 0 Å². The summed E-state index contributed by atoms with van der Waals surface area (Å²) in [5, 5.41) is 3.30. The third-order valence-corrected chi connectivity index (χ3v) is 3.86. The topological polar surface area (TPSA) is 34.4 Å². The van der Waals surface area contributed by atoms with E-state index in [-0.39, 0.29) is 11.3 Å². The molecule has 1 aliphatic heterocycles. The number of benzene rings is 1. The summed E-state index contributed by atoms with van der Waals surface area (Å²) in [6, 6.07) is 7.13. The van der Waals surface area contributed by atoms with Crippen molar-refractivity contribution in [3.63, 3.8) is 0 Å². The molecular weight excluding hydrogens is 288 g/mol. The Bertz CT molecular complexity index is 601. The lowest BCUT2D eigenvalue weighted by atomic mass is 10.0. The van der Waals surface area contributed by atoms with Gasteiger partial charge in [-0.1, -0.05) is 6.07 Å². The zero-order valence-corrected chi connectivity index (χ0v) is 12.3. The van der Waals surface area contributed by atoms with Crippen molar-refractivity contribution in [3.05, 3.63) is 47.7 Å². The monoisotopic (exact) mass is 307 g/mol. The quantitative estimate of drug-likeness (QED) is 0.914. The number of rotatable bonds is 5. The van der Waals surface area contributed by atoms with Crippen LogP contribution >= 0.6 is 0 Å². The fourth-order valence-electron chi connectivity index (χ4n) is 2.71. The van der Waals surface area contributed by atoms with Crippen molar-refractivity contribution in [3.8, 4) is 11.3 Å². The smallest absolute Gasteiger partial charge is 0.140 e. The molecule has 0 spiro atoms. The second kappa shape index (κ2) is 7.03. The molecule has 0 bridgehead atoms. The van der Waals surface area contributed by atoms with Crippen molar-refractivity contribution in [2.24, 2.45) is 5.92 Å². The van der Waals surface area contributed by atoms with E-state index in [1.165, 1.54) is 18.2 Å². The average molecular weight is 307 g/mol. The van der Waals surface area contributed by atoms with Crippen molar-refractivity contribution < 1.29 is 17.9 Å². The van der Waals surface area contributed by atoms with Crippen molar-refractivity contribution in [1.82, 2.24) is 5.32 Å². The van der Waals surface area contributed by atoms with Crippen molar-refractivity contribution in [2.45, 2.75) is 19.4 Å². The molecule has 118 valence electrons. The summed E-state index contributed by atoms with van der Waals surface area (Å²) in [4.78, 5) is 0. The van der Waals surface area contributed by atoms with Gasteiger partial charge in [0.1, 0.15) is 23.2 Å². The van der Waals surface area contributed by atoms with E-state index in [0.717, 1.165) is 32.6 Å². The highest BCUT2D eigenvalue weighted by atomic mass is 19.1. The number of nitrogens with one attached hydrogen (secondary N) is 1. The first-order valence-electron chi connectivity index (χ1n) is 7.55. The van der Waals surface area contributed by atoms with Gasteiger partial charge in [-0.2, -0.15) is 0 Å². The molecule has 0 aliphatic carbocycles. The van der Waals surface area contributed by atoms with Gasteiger partial charge >= 0.3 is 0 Å². The van der Waals surface area contributed by atoms with Gasteiger partial charge in [0.2, 0.25) is 0 Å². The number of furan rings is 1. The molecule has 1 N–H and O–H groups in total. The van der Waals surface area contributed by atoms with E-state index in [4.69, 9.17) is 9.15 Å². The van der Waals surface area contributed by atoms with E-state index in [0.29, 0.717) is 18.2 Å². The fourth-order valence-corrected chi connectivity index (χ4v) is 2.71. The highest BCUT2D eigenvalue weighted by Crippen LogP contribution is 2.27. The van der Waals surface area contributed by atoms with Gasteiger partial charge in [-0.05, 0) is 43.0 Å². The highest BCUT2D eigenvalue weighted by molar-refractivity contribution is 5.59. The summed E-state index contributed by atoms with van der Waals surface area (Å²) in [7, 11) is 0. The Labute approximate surface area is 128 Å². The highest BCUT2D eigenvalue weighted by Gasteiger charge is 2.16. The molecule has 22 heavy (non-hydrogen) atoms. The van der Waals surface area contributed by atoms with Gasteiger partial charge in [-0.25, -0.2) is 8.78 Å². The van der Waals surface area contributed by atoms with Gasteiger partial charge in [0, 0.05) is 13.2 Å². The molecule has 3 nitrogen and oxygen atoms in total. The molecule has 1 aromatic carbocycles. The molecule has 2 heterocycles. The average Bonchev–Trinajstić information content (AvgIpc) is 2.97. The van der Waals surface area contributed by atoms with Crippen molar-refractivity contribution >= 4 is 0 Å². The van der Waals surface area contributed by atoms with Crippen LogP contribution in [0, 0.1) is 17.6 Å². The first-order chi connectivity index (χ1) is 10.7. The number of halogens is 2. The molecule has 1 atom stereocenters. The molecule has 1 saturated heterocycles. The van der Waals surface area contributed by atoms with Gasteiger partial charge < -0.3 is 14.5 Å². The molecule has 0 saturated carbocycles. The maximum absolute atomic E-state index is 13.7. The van der Waals surface area contributed by atoms with Gasteiger partial charge in [0.05, 0.1) is 18.7 Å². The molecule has 2 aromatic rings. The molecule has 1 aliphatic rings. The largest absolute Gasteiger partial charge is 0.460 e. The molecular formula is C17H19F2NO2. The minimum atomic E-state index is -0.617. The van der Waals surface area contributed by atoms with E-state index in [9.17, 15) is 8.78 Å². The fraction of sp³-hybridized carbons (Fsp3) is 0.412. The summed E-state index contributed by atoms with van der Waals surface area (Å²) < 4.78 is 38.4. The SMILES string of the molecule is Fc1cccc(F)c1-c1ccc(CNCC2CCCOC2)o1. The van der Waals surface area contributed by atoms with E-state index in [1.54, 1.807) is 12.1 Å². The first-order valence-corrected chi connectivity index (χ1v) is 7.55. The standard InChI is InChI=1S/C17H19F2NO2/c18-14-4-1-5-15(19)17(14)16-7-6-13(22-16)10-20-9-12-3-2-8-21-11-12/h1,4-7,12,20H,2-3,8-11H2. The Morgan fingerprint density at radius 2 is 1.95 bits per heavy atom. The van der Waals surface area contributed by atoms with Crippen LogP contribution in [-0.4, -0.2) is 19.8 Å². The second-order valence-electron chi connectivity index (χ2n) is 5.58. The van der Waals surface area contributed by atoms with Gasteiger partial charge in [-0.15, -0.1) is 0 Å². The van der Waals surface area contributed by atoms with Crippen LogP contribution in [-0.2, 0) is 11.3 Å². The summed E-state index contributed by atoms with van der Waals surface area (Å²) in [5.41, 5.74) is -0.116. The Balaban J connectivity index is 1.59. The van der Waals surface area contributed by atoms with Crippen LogP contribution in [0.5, 0.6) is 0 Å². The summed E-state index contributed by atoms with van der Waals surface area (Å²) >= 11 is 0. The van der Waals surface area contributed by atoms with Crippen LogP contribution < -0.4 is 5.32 Å². The minimum absolute atomic E-state index is 0.116. The van der Waals surface area contributed by atoms with Crippen LogP contribution in [0.15, 0.2) is 34.7 Å². The molecule has 1 aromatic heterocycles.